The molecule has 1 unspecified atom stereocenters. The van der Waals surface area contributed by atoms with Crippen LogP contribution < -0.4 is 14.9 Å². The number of nitrogens with two attached hydrogens (primary N) is 1. The second-order valence-electron chi connectivity index (χ2n) is 10.9. The number of sulfonamides is 1. The number of nitrogens with zero attached hydrogens (tertiary/aromatic N) is 3. The SMILES string of the molecule is CC(C)(C)OC(=O)N(CC(CN)c1ccccc1)c1ccc(-c2ccnc3c2CCN3S(=O)(=O)c2ccccc2)s1. The van der Waals surface area contributed by atoms with Gasteiger partial charge in [-0.3, -0.25) is 4.90 Å². The summed E-state index contributed by atoms with van der Waals surface area (Å²) in [7, 11) is -3.74. The van der Waals surface area contributed by atoms with Crippen LogP contribution in [0.3, 0.4) is 0 Å². The molecule has 41 heavy (non-hydrogen) atoms. The Kier molecular flexibility index (Phi) is 8.17. The van der Waals surface area contributed by atoms with Gasteiger partial charge in [-0.1, -0.05) is 48.5 Å². The van der Waals surface area contributed by atoms with Gasteiger partial charge in [0.15, 0.2) is 0 Å². The molecular weight excluding hydrogens is 556 g/mol. The van der Waals surface area contributed by atoms with Crippen LogP contribution in [-0.2, 0) is 21.2 Å². The Morgan fingerprint density at radius 2 is 1.73 bits per heavy atom. The second-order valence-corrected chi connectivity index (χ2v) is 13.8. The van der Waals surface area contributed by atoms with Gasteiger partial charge in [0.05, 0.1) is 4.90 Å². The lowest BCUT2D eigenvalue weighted by atomic mass is 9.99. The van der Waals surface area contributed by atoms with E-state index in [4.69, 9.17) is 10.5 Å². The van der Waals surface area contributed by atoms with E-state index in [-0.39, 0.29) is 10.8 Å². The fraction of sp³-hybridized carbons (Fsp3) is 0.290. The average Bonchev–Trinajstić information content (AvgIpc) is 3.62. The molecule has 0 bridgehead atoms. The maximum Gasteiger partial charge on any atom is 0.415 e. The van der Waals surface area contributed by atoms with Crippen LogP contribution in [0.2, 0.25) is 0 Å². The molecule has 0 fully saturated rings. The molecule has 0 spiro atoms. The second kappa shape index (κ2) is 11.6. The Labute approximate surface area is 245 Å². The van der Waals surface area contributed by atoms with Crippen molar-refractivity contribution in [2.24, 2.45) is 5.73 Å². The van der Waals surface area contributed by atoms with E-state index < -0.39 is 21.7 Å². The first-order valence-corrected chi connectivity index (χ1v) is 15.8. The molecule has 1 aliphatic heterocycles. The lowest BCUT2D eigenvalue weighted by molar-refractivity contribution is 0.0579. The summed E-state index contributed by atoms with van der Waals surface area (Å²) >= 11 is 1.46. The number of pyridine rings is 1. The van der Waals surface area contributed by atoms with E-state index in [2.05, 4.69) is 4.98 Å². The minimum absolute atomic E-state index is 0.0869. The molecular formula is C31H34N4O4S2. The van der Waals surface area contributed by atoms with Gasteiger partial charge < -0.3 is 10.5 Å². The van der Waals surface area contributed by atoms with Gasteiger partial charge >= 0.3 is 6.09 Å². The quantitative estimate of drug-likeness (QED) is 0.268. The molecule has 1 atom stereocenters. The van der Waals surface area contributed by atoms with Gasteiger partial charge in [-0.25, -0.2) is 22.5 Å². The maximum absolute atomic E-state index is 13.4. The lowest BCUT2D eigenvalue weighted by Crippen LogP contribution is -2.40. The summed E-state index contributed by atoms with van der Waals surface area (Å²) in [5.41, 5.74) is 8.32. The van der Waals surface area contributed by atoms with E-state index in [1.54, 1.807) is 41.4 Å². The zero-order chi connectivity index (χ0) is 29.2. The molecule has 0 saturated carbocycles. The molecule has 2 N–H and O–H groups in total. The van der Waals surface area contributed by atoms with Gasteiger partial charge in [-0.05, 0) is 63.1 Å². The van der Waals surface area contributed by atoms with Gasteiger partial charge in [0.1, 0.15) is 16.4 Å². The van der Waals surface area contributed by atoms with Crippen molar-refractivity contribution in [3.63, 3.8) is 0 Å². The third-order valence-electron chi connectivity index (χ3n) is 6.86. The van der Waals surface area contributed by atoms with Crippen molar-refractivity contribution >= 4 is 38.3 Å². The number of thiophene rings is 1. The van der Waals surface area contributed by atoms with E-state index in [9.17, 15) is 13.2 Å². The molecule has 214 valence electrons. The van der Waals surface area contributed by atoms with Crippen LogP contribution >= 0.6 is 11.3 Å². The highest BCUT2D eigenvalue weighted by Gasteiger charge is 2.34. The number of aromatic nitrogens is 1. The zero-order valence-electron chi connectivity index (χ0n) is 23.4. The van der Waals surface area contributed by atoms with Gasteiger partial charge in [-0.2, -0.15) is 0 Å². The first-order chi connectivity index (χ1) is 19.6. The van der Waals surface area contributed by atoms with Gasteiger partial charge in [-0.15, -0.1) is 11.3 Å². The summed E-state index contributed by atoms with van der Waals surface area (Å²) in [6.07, 6.45) is 1.73. The fourth-order valence-electron chi connectivity index (χ4n) is 4.90. The molecule has 0 saturated heterocycles. The van der Waals surface area contributed by atoms with Crippen molar-refractivity contribution in [3.8, 4) is 10.4 Å². The van der Waals surface area contributed by atoms with E-state index in [0.717, 1.165) is 26.6 Å². The molecule has 0 radical (unpaired) electrons. The number of hydrogen-bond acceptors (Lipinski definition) is 7. The van der Waals surface area contributed by atoms with Crippen molar-refractivity contribution in [2.75, 3.05) is 28.8 Å². The molecule has 1 aliphatic rings. The first kappa shape index (κ1) is 28.8. The highest BCUT2D eigenvalue weighted by atomic mass is 32.2. The lowest BCUT2D eigenvalue weighted by Gasteiger charge is -2.29. The number of amides is 1. The van der Waals surface area contributed by atoms with Crippen LogP contribution in [0.4, 0.5) is 15.6 Å². The van der Waals surface area contributed by atoms with Crippen molar-refractivity contribution in [2.45, 2.75) is 43.6 Å². The number of carbonyl (C=O) groups is 1. The number of benzene rings is 2. The Morgan fingerprint density at radius 1 is 1.05 bits per heavy atom. The maximum atomic E-state index is 13.4. The molecule has 3 heterocycles. The predicted octanol–water partition coefficient (Wildman–Crippen LogP) is 6.05. The number of hydrogen-bond donors (Lipinski definition) is 1. The van der Waals surface area contributed by atoms with Crippen LogP contribution in [0.5, 0.6) is 0 Å². The topological polar surface area (TPSA) is 106 Å². The number of anilines is 2. The highest BCUT2D eigenvalue weighted by Crippen LogP contribution is 2.42. The normalized spacial score (nSPS) is 14.0. The van der Waals surface area contributed by atoms with Crippen LogP contribution in [0.1, 0.15) is 37.8 Å². The molecule has 1 amide bonds. The summed E-state index contributed by atoms with van der Waals surface area (Å²) in [4.78, 5) is 20.7. The summed E-state index contributed by atoms with van der Waals surface area (Å²) in [5.74, 6) is 0.355. The highest BCUT2D eigenvalue weighted by molar-refractivity contribution is 7.92. The van der Waals surface area contributed by atoms with E-state index in [0.29, 0.717) is 31.9 Å². The molecule has 5 rings (SSSR count). The predicted molar refractivity (Wildman–Crippen MR) is 164 cm³/mol. The van der Waals surface area contributed by atoms with Gasteiger partial charge in [0.2, 0.25) is 0 Å². The van der Waals surface area contributed by atoms with Gasteiger partial charge in [0, 0.05) is 47.8 Å². The van der Waals surface area contributed by atoms with Crippen molar-refractivity contribution in [1.82, 2.24) is 4.98 Å². The molecule has 4 aromatic rings. The molecule has 2 aromatic carbocycles. The Morgan fingerprint density at radius 3 is 2.39 bits per heavy atom. The minimum Gasteiger partial charge on any atom is -0.443 e. The summed E-state index contributed by atoms with van der Waals surface area (Å²) in [6.45, 7) is 6.56. The Bertz CT molecular complexity index is 1620. The van der Waals surface area contributed by atoms with Crippen LogP contribution in [-0.4, -0.2) is 44.7 Å². The fourth-order valence-corrected chi connectivity index (χ4v) is 7.43. The molecule has 8 nitrogen and oxygen atoms in total. The Balaban J connectivity index is 1.48. The molecule has 2 aromatic heterocycles. The number of rotatable bonds is 8. The average molecular weight is 591 g/mol. The number of fused-ring (bicyclic) bond motifs is 1. The molecule has 0 aliphatic carbocycles. The zero-order valence-corrected chi connectivity index (χ0v) is 25.0. The van der Waals surface area contributed by atoms with Crippen molar-refractivity contribution in [3.05, 3.63) is 96.2 Å². The minimum atomic E-state index is -3.74. The molecule has 10 heteroatoms. The monoisotopic (exact) mass is 590 g/mol. The summed E-state index contributed by atoms with van der Waals surface area (Å²) < 4.78 is 34.0. The van der Waals surface area contributed by atoms with Crippen LogP contribution in [0.15, 0.2) is 90.0 Å². The number of carbonyl (C=O) groups excluding carboxylic acids is 1. The Hall–Kier alpha value is -3.73. The van der Waals surface area contributed by atoms with E-state index in [1.165, 1.54) is 15.6 Å². The largest absolute Gasteiger partial charge is 0.443 e. The number of ether oxygens (including phenoxy) is 1. The van der Waals surface area contributed by atoms with Crippen molar-refractivity contribution < 1.29 is 17.9 Å². The smallest absolute Gasteiger partial charge is 0.415 e. The van der Waals surface area contributed by atoms with Crippen LogP contribution in [0.25, 0.3) is 10.4 Å². The van der Waals surface area contributed by atoms with Crippen molar-refractivity contribution in [1.29, 1.82) is 0 Å². The third-order valence-corrected chi connectivity index (χ3v) is 9.81. The standard InChI is InChI=1S/C31H34N4O4S2/c1-31(2,3)39-30(36)34(21-23(20-32)22-10-6-4-7-11-22)28-15-14-27(40-28)25-16-18-33-29-26(25)17-19-35(29)41(37,38)24-12-8-5-9-13-24/h4-16,18,23H,17,19-21,32H2,1-3H3. The van der Waals surface area contributed by atoms with E-state index >= 15 is 0 Å². The van der Waals surface area contributed by atoms with Crippen LogP contribution in [0, 0.1) is 0 Å². The van der Waals surface area contributed by atoms with E-state index in [1.807, 2.05) is 69.3 Å². The van der Waals surface area contributed by atoms with Gasteiger partial charge in [0.25, 0.3) is 10.0 Å². The third kappa shape index (κ3) is 6.14. The summed E-state index contributed by atoms with van der Waals surface area (Å²) in [5, 5.41) is 0.723. The summed E-state index contributed by atoms with van der Waals surface area (Å²) in [6, 6.07) is 24.1. The first-order valence-electron chi connectivity index (χ1n) is 13.5.